The van der Waals surface area contributed by atoms with Gasteiger partial charge in [-0.3, -0.25) is 9.48 Å². The monoisotopic (exact) mass is 462 g/mol. The van der Waals surface area contributed by atoms with E-state index in [4.69, 9.17) is 0 Å². The number of alkyl halides is 3. The molecular weight excluding hydrogens is 441 g/mol. The van der Waals surface area contributed by atoms with E-state index in [-0.39, 0.29) is 23.6 Å². The van der Waals surface area contributed by atoms with Crippen molar-refractivity contribution in [3.63, 3.8) is 0 Å². The first-order valence-electron chi connectivity index (χ1n) is 10.0. The van der Waals surface area contributed by atoms with E-state index in [1.165, 1.54) is 22.3 Å². The molecule has 0 fully saturated rings. The molecule has 0 aliphatic heterocycles. The van der Waals surface area contributed by atoms with Crippen LogP contribution in [0.15, 0.2) is 36.5 Å². The Morgan fingerprint density at radius 2 is 1.94 bits per heavy atom. The van der Waals surface area contributed by atoms with Crippen LogP contribution < -0.4 is 0 Å². The molecule has 0 spiro atoms. The van der Waals surface area contributed by atoms with E-state index in [2.05, 4.69) is 15.2 Å². The highest BCUT2D eigenvalue weighted by Gasteiger charge is 2.36. The fourth-order valence-corrected chi connectivity index (χ4v) is 4.20. The molecule has 4 aromatic rings. The van der Waals surface area contributed by atoms with E-state index >= 15 is 0 Å². The molecule has 0 atom stereocenters. The zero-order valence-electron chi connectivity index (χ0n) is 17.7. The van der Waals surface area contributed by atoms with Gasteiger partial charge in [0.1, 0.15) is 0 Å². The molecule has 11 heteroatoms. The Bertz CT molecular complexity index is 1270. The maximum Gasteiger partial charge on any atom is 0.433 e. The molecule has 4 aromatic heterocycles. The average molecular weight is 463 g/mol. The summed E-state index contributed by atoms with van der Waals surface area (Å²) in [5.41, 5.74) is -0.252. The number of carbonyl (C=O) groups excluding carboxylic acids is 1. The van der Waals surface area contributed by atoms with Gasteiger partial charge in [-0.15, -0.1) is 11.3 Å². The van der Waals surface area contributed by atoms with Crippen LogP contribution in [-0.4, -0.2) is 42.2 Å². The highest BCUT2D eigenvalue weighted by Crippen LogP contribution is 2.34. The number of halogens is 3. The van der Waals surface area contributed by atoms with E-state index in [9.17, 15) is 18.0 Å². The van der Waals surface area contributed by atoms with Crippen molar-refractivity contribution in [1.29, 1.82) is 0 Å². The summed E-state index contributed by atoms with van der Waals surface area (Å²) >= 11 is 1.39. The second-order valence-electron chi connectivity index (χ2n) is 7.27. The standard InChI is InChI=1S/C21H21F3N6OS/c1-4-14-6-7-17(32-14)15-10-18(21(22,23)24)30-19(25-15)11-16(27-30)20(31)28(3)12-13-8-9-29(5-2)26-13/h6-11H,4-5,12H2,1-3H3. The molecule has 0 aromatic carbocycles. The first-order chi connectivity index (χ1) is 15.2. The molecule has 4 rings (SSSR count). The number of hydrogen-bond donors (Lipinski definition) is 0. The van der Waals surface area contributed by atoms with Crippen LogP contribution in [-0.2, 0) is 25.7 Å². The zero-order valence-corrected chi connectivity index (χ0v) is 18.5. The van der Waals surface area contributed by atoms with Gasteiger partial charge in [0.25, 0.3) is 5.91 Å². The van der Waals surface area contributed by atoms with Gasteiger partial charge in [0, 0.05) is 30.7 Å². The Labute approximate surface area is 186 Å². The van der Waals surface area contributed by atoms with Crippen molar-refractivity contribution in [1.82, 2.24) is 29.3 Å². The number of thiophene rings is 1. The van der Waals surface area contributed by atoms with Crippen LogP contribution in [0.2, 0.25) is 0 Å². The van der Waals surface area contributed by atoms with Crippen LogP contribution in [0, 0.1) is 0 Å². The van der Waals surface area contributed by atoms with Crippen molar-refractivity contribution in [2.75, 3.05) is 7.05 Å². The molecule has 0 aliphatic carbocycles. The number of amides is 1. The van der Waals surface area contributed by atoms with Gasteiger partial charge in [-0.25, -0.2) is 9.50 Å². The highest BCUT2D eigenvalue weighted by molar-refractivity contribution is 7.15. The second kappa shape index (κ2) is 8.38. The summed E-state index contributed by atoms with van der Waals surface area (Å²) in [6.07, 6.45) is -2.08. The van der Waals surface area contributed by atoms with Crippen molar-refractivity contribution >= 4 is 22.9 Å². The Morgan fingerprint density at radius 1 is 1.16 bits per heavy atom. The van der Waals surface area contributed by atoms with Crippen LogP contribution >= 0.6 is 11.3 Å². The van der Waals surface area contributed by atoms with E-state index < -0.39 is 17.8 Å². The fraction of sp³-hybridized carbons (Fsp3) is 0.333. The second-order valence-corrected chi connectivity index (χ2v) is 8.44. The summed E-state index contributed by atoms with van der Waals surface area (Å²) in [4.78, 5) is 20.3. The van der Waals surface area contributed by atoms with Gasteiger partial charge in [-0.1, -0.05) is 6.92 Å². The van der Waals surface area contributed by atoms with Gasteiger partial charge in [-0.05, 0) is 37.6 Å². The lowest BCUT2D eigenvalue weighted by atomic mass is 10.2. The van der Waals surface area contributed by atoms with E-state index in [0.717, 1.165) is 17.4 Å². The van der Waals surface area contributed by atoms with Crippen LogP contribution in [0.5, 0.6) is 0 Å². The van der Waals surface area contributed by atoms with Gasteiger partial charge in [0.2, 0.25) is 0 Å². The number of nitrogens with zero attached hydrogens (tertiary/aromatic N) is 6. The molecule has 0 N–H and O–H groups in total. The minimum Gasteiger partial charge on any atom is -0.334 e. The van der Waals surface area contributed by atoms with Gasteiger partial charge >= 0.3 is 6.18 Å². The van der Waals surface area contributed by atoms with Crippen molar-refractivity contribution in [2.45, 2.75) is 39.5 Å². The molecule has 32 heavy (non-hydrogen) atoms. The maximum atomic E-state index is 13.8. The number of fused-ring (bicyclic) bond motifs is 1. The van der Waals surface area contributed by atoms with E-state index in [0.29, 0.717) is 21.6 Å². The third-order valence-electron chi connectivity index (χ3n) is 4.97. The number of aromatic nitrogens is 5. The quantitative estimate of drug-likeness (QED) is 0.422. The molecular formula is C21H21F3N6OS. The van der Waals surface area contributed by atoms with Crippen LogP contribution in [0.3, 0.4) is 0 Å². The molecule has 1 amide bonds. The Balaban J connectivity index is 1.70. The fourth-order valence-electron chi connectivity index (χ4n) is 3.29. The third kappa shape index (κ3) is 4.24. The molecule has 0 saturated carbocycles. The number of hydrogen-bond acceptors (Lipinski definition) is 5. The largest absolute Gasteiger partial charge is 0.433 e. The molecule has 0 saturated heterocycles. The summed E-state index contributed by atoms with van der Waals surface area (Å²) in [5.74, 6) is -0.513. The zero-order chi connectivity index (χ0) is 23.0. The topological polar surface area (TPSA) is 68.3 Å². The summed E-state index contributed by atoms with van der Waals surface area (Å²) in [6, 6.07) is 7.68. The van der Waals surface area contributed by atoms with Gasteiger partial charge < -0.3 is 4.90 Å². The summed E-state index contributed by atoms with van der Waals surface area (Å²) in [7, 11) is 1.55. The number of aryl methyl sites for hydroxylation is 2. The van der Waals surface area contributed by atoms with Crippen LogP contribution in [0.4, 0.5) is 13.2 Å². The first kappa shape index (κ1) is 22.0. The summed E-state index contributed by atoms with van der Waals surface area (Å²) in [5, 5.41) is 8.27. The summed E-state index contributed by atoms with van der Waals surface area (Å²) < 4.78 is 43.8. The minimum atomic E-state index is -4.66. The van der Waals surface area contributed by atoms with Gasteiger partial charge in [0.05, 0.1) is 22.8 Å². The SMILES string of the molecule is CCc1ccc(-c2cc(C(F)(F)F)n3nc(C(=O)N(C)Cc4ccn(CC)n4)cc3n2)s1. The highest BCUT2D eigenvalue weighted by atomic mass is 32.1. The van der Waals surface area contributed by atoms with Crippen molar-refractivity contribution in [2.24, 2.45) is 0 Å². The molecule has 168 valence electrons. The Hall–Kier alpha value is -3.21. The van der Waals surface area contributed by atoms with Gasteiger partial charge in [-0.2, -0.15) is 23.4 Å². The lowest BCUT2D eigenvalue weighted by Gasteiger charge is -2.14. The smallest absolute Gasteiger partial charge is 0.334 e. The minimum absolute atomic E-state index is 0.0340. The molecule has 0 radical (unpaired) electrons. The molecule has 7 nitrogen and oxygen atoms in total. The lowest BCUT2D eigenvalue weighted by molar-refractivity contribution is -0.142. The predicted octanol–water partition coefficient (Wildman–Crippen LogP) is 4.53. The van der Waals surface area contributed by atoms with Crippen molar-refractivity contribution in [3.05, 3.63) is 58.5 Å². The molecule has 4 heterocycles. The number of rotatable bonds is 6. The van der Waals surface area contributed by atoms with E-state index in [1.54, 1.807) is 30.1 Å². The van der Waals surface area contributed by atoms with Crippen molar-refractivity contribution < 1.29 is 18.0 Å². The van der Waals surface area contributed by atoms with Crippen LogP contribution in [0.1, 0.15) is 40.6 Å². The molecule has 0 unspecified atom stereocenters. The number of carbonyl (C=O) groups is 1. The molecule has 0 aliphatic rings. The van der Waals surface area contributed by atoms with Gasteiger partial charge in [0.15, 0.2) is 17.0 Å². The van der Waals surface area contributed by atoms with E-state index in [1.807, 2.05) is 19.9 Å². The first-order valence-corrected chi connectivity index (χ1v) is 10.9. The maximum absolute atomic E-state index is 13.8. The Morgan fingerprint density at radius 3 is 2.56 bits per heavy atom. The van der Waals surface area contributed by atoms with Crippen LogP contribution in [0.25, 0.3) is 16.2 Å². The summed E-state index contributed by atoms with van der Waals surface area (Å²) in [6.45, 7) is 4.83. The normalized spacial score (nSPS) is 11.9. The lowest BCUT2D eigenvalue weighted by Crippen LogP contribution is -2.27. The van der Waals surface area contributed by atoms with Crippen molar-refractivity contribution in [3.8, 4) is 10.6 Å². The Kier molecular flexibility index (Phi) is 5.76. The third-order valence-corrected chi connectivity index (χ3v) is 6.22. The average Bonchev–Trinajstić information content (AvgIpc) is 3.50. The predicted molar refractivity (Wildman–Crippen MR) is 114 cm³/mol. The molecule has 0 bridgehead atoms.